The van der Waals surface area contributed by atoms with Gasteiger partial charge in [-0.05, 0) is 23.6 Å². The topological polar surface area (TPSA) is 157 Å². The number of hydrogen-bond acceptors (Lipinski definition) is 7. The summed E-state index contributed by atoms with van der Waals surface area (Å²) in [5, 5.41) is 4.93. The maximum absolute atomic E-state index is 12.1. The third-order valence-electron chi connectivity index (χ3n) is 4.08. The van der Waals surface area contributed by atoms with Gasteiger partial charge in [-0.3, -0.25) is 14.4 Å². The first-order valence-electron chi connectivity index (χ1n) is 9.50. The van der Waals surface area contributed by atoms with Gasteiger partial charge in [0.25, 0.3) is 0 Å². The van der Waals surface area contributed by atoms with Gasteiger partial charge in [0.15, 0.2) is 0 Å². The van der Waals surface area contributed by atoms with Crippen LogP contribution in [0.25, 0.3) is 0 Å². The molecule has 31 heavy (non-hydrogen) atoms. The summed E-state index contributed by atoms with van der Waals surface area (Å²) in [6.07, 6.45) is 0.0960. The van der Waals surface area contributed by atoms with Crippen LogP contribution in [-0.2, 0) is 35.3 Å². The molecule has 0 aromatic heterocycles. The number of benzene rings is 1. The number of anilines is 1. The zero-order chi connectivity index (χ0) is 23.4. The van der Waals surface area contributed by atoms with Crippen LogP contribution in [0.2, 0.25) is 0 Å². The van der Waals surface area contributed by atoms with E-state index in [0.717, 1.165) is 0 Å². The molecule has 1 atom stereocenters. The molecule has 1 aromatic carbocycles. The maximum Gasteiger partial charge on any atom is 0.410 e. The van der Waals surface area contributed by atoms with Gasteiger partial charge in [-0.25, -0.2) is 4.79 Å². The van der Waals surface area contributed by atoms with Crippen LogP contribution < -0.4 is 16.4 Å². The van der Waals surface area contributed by atoms with Crippen molar-refractivity contribution in [3.63, 3.8) is 0 Å². The first-order valence-corrected chi connectivity index (χ1v) is 9.50. The highest BCUT2D eigenvalue weighted by Crippen LogP contribution is 2.12. The number of carbonyl (C=O) groups excluding carboxylic acids is 5. The van der Waals surface area contributed by atoms with Crippen molar-refractivity contribution in [2.75, 3.05) is 32.1 Å². The van der Waals surface area contributed by atoms with E-state index >= 15 is 0 Å². The fraction of sp³-hybridized carbons (Fsp3) is 0.450. The van der Waals surface area contributed by atoms with Gasteiger partial charge in [0.2, 0.25) is 17.7 Å². The second kappa shape index (κ2) is 13.0. The third-order valence-corrected chi connectivity index (χ3v) is 4.08. The van der Waals surface area contributed by atoms with Crippen LogP contribution in [0.3, 0.4) is 0 Å². The summed E-state index contributed by atoms with van der Waals surface area (Å²) in [5.74, 6) is -1.76. The average Bonchev–Trinajstić information content (AvgIpc) is 2.71. The molecule has 0 radical (unpaired) electrons. The van der Waals surface area contributed by atoms with Crippen molar-refractivity contribution in [3.05, 3.63) is 29.8 Å². The number of amides is 4. The SMILES string of the molecule is CC(C)[C@@H](C=O)N(C)C(=O)OCc1ccc(NC(=O)CNC(=O)COCC(N)=O)cc1. The van der Waals surface area contributed by atoms with Gasteiger partial charge in [0, 0.05) is 12.7 Å². The van der Waals surface area contributed by atoms with E-state index in [1.807, 2.05) is 13.8 Å². The predicted octanol–water partition coefficient (Wildman–Crippen LogP) is 0.0351. The molecule has 0 heterocycles. The molecule has 4 amide bonds. The number of aldehydes is 1. The fourth-order valence-electron chi connectivity index (χ4n) is 2.43. The van der Waals surface area contributed by atoms with E-state index < -0.39 is 29.9 Å². The van der Waals surface area contributed by atoms with Crippen LogP contribution in [0.4, 0.5) is 10.5 Å². The minimum atomic E-state index is -0.698. The molecule has 11 heteroatoms. The average molecular weight is 436 g/mol. The Balaban J connectivity index is 2.41. The van der Waals surface area contributed by atoms with Crippen LogP contribution in [-0.4, -0.2) is 67.8 Å². The van der Waals surface area contributed by atoms with Gasteiger partial charge in [-0.1, -0.05) is 26.0 Å². The molecule has 170 valence electrons. The van der Waals surface area contributed by atoms with E-state index in [0.29, 0.717) is 17.5 Å². The quantitative estimate of drug-likeness (QED) is 0.390. The van der Waals surface area contributed by atoms with Crippen LogP contribution in [0.1, 0.15) is 19.4 Å². The number of primary amides is 1. The van der Waals surface area contributed by atoms with Crippen molar-refractivity contribution in [1.29, 1.82) is 0 Å². The summed E-state index contributed by atoms with van der Waals surface area (Å²) in [4.78, 5) is 58.3. The summed E-state index contributed by atoms with van der Waals surface area (Å²) >= 11 is 0. The Labute approximate surface area is 180 Å². The molecule has 0 saturated heterocycles. The van der Waals surface area contributed by atoms with Crippen LogP contribution in [0.5, 0.6) is 0 Å². The first-order chi connectivity index (χ1) is 14.6. The van der Waals surface area contributed by atoms with Crippen molar-refractivity contribution in [3.8, 4) is 0 Å². The number of rotatable bonds is 12. The lowest BCUT2D eigenvalue weighted by Crippen LogP contribution is -2.41. The summed E-state index contributed by atoms with van der Waals surface area (Å²) in [7, 11) is 1.50. The molecular weight excluding hydrogens is 408 g/mol. The van der Waals surface area contributed by atoms with Gasteiger partial charge < -0.3 is 35.5 Å². The lowest BCUT2D eigenvalue weighted by Gasteiger charge is -2.25. The maximum atomic E-state index is 12.1. The van der Waals surface area contributed by atoms with Crippen LogP contribution in [0.15, 0.2) is 24.3 Å². The number of nitrogens with one attached hydrogen (secondary N) is 2. The standard InChI is InChI=1S/C20H28N4O7/c1-13(2)16(9-25)24(3)20(29)31-10-14-4-6-15(7-5-14)23-18(27)8-22-19(28)12-30-11-17(21)26/h4-7,9,13,16H,8,10-12H2,1-3H3,(H2,21,26)(H,22,28)(H,23,27)/t16-/m1/s1. The van der Waals surface area contributed by atoms with Crippen molar-refractivity contribution >= 4 is 35.8 Å². The van der Waals surface area contributed by atoms with Gasteiger partial charge in [-0.15, -0.1) is 0 Å². The Hall–Kier alpha value is -3.47. The van der Waals surface area contributed by atoms with Gasteiger partial charge in [0.1, 0.15) is 26.1 Å². The molecule has 4 N–H and O–H groups in total. The molecule has 0 bridgehead atoms. The highest BCUT2D eigenvalue weighted by Gasteiger charge is 2.23. The Morgan fingerprint density at radius 3 is 2.29 bits per heavy atom. The highest BCUT2D eigenvalue weighted by atomic mass is 16.6. The molecule has 0 aliphatic rings. The normalized spacial score (nSPS) is 11.4. The smallest absolute Gasteiger partial charge is 0.410 e. The Morgan fingerprint density at radius 1 is 1.10 bits per heavy atom. The number of hydrogen-bond donors (Lipinski definition) is 3. The fourth-order valence-corrected chi connectivity index (χ4v) is 2.43. The zero-order valence-corrected chi connectivity index (χ0v) is 17.8. The molecule has 0 spiro atoms. The highest BCUT2D eigenvalue weighted by molar-refractivity contribution is 5.94. The number of carbonyl (C=O) groups is 5. The van der Waals surface area contributed by atoms with Crippen molar-refractivity contribution < 1.29 is 33.4 Å². The summed E-state index contributed by atoms with van der Waals surface area (Å²) in [6, 6.07) is 5.99. The second-order valence-corrected chi connectivity index (χ2v) is 7.02. The van der Waals surface area contributed by atoms with Crippen LogP contribution >= 0.6 is 0 Å². The minimum absolute atomic E-state index is 0.00241. The molecule has 0 saturated carbocycles. The summed E-state index contributed by atoms with van der Waals surface area (Å²) in [6.45, 7) is 2.62. The monoisotopic (exact) mass is 436 g/mol. The number of nitrogens with two attached hydrogens (primary N) is 1. The molecule has 1 aromatic rings. The molecule has 0 fully saturated rings. The van der Waals surface area contributed by atoms with Crippen LogP contribution in [0, 0.1) is 5.92 Å². The number of ether oxygens (including phenoxy) is 2. The Morgan fingerprint density at radius 2 is 1.74 bits per heavy atom. The van der Waals surface area contributed by atoms with Gasteiger partial charge in [-0.2, -0.15) is 0 Å². The van der Waals surface area contributed by atoms with Gasteiger partial charge >= 0.3 is 6.09 Å². The third kappa shape index (κ3) is 9.72. The molecule has 11 nitrogen and oxygen atoms in total. The minimum Gasteiger partial charge on any atom is -0.445 e. The van der Waals surface area contributed by atoms with Crippen molar-refractivity contribution in [1.82, 2.24) is 10.2 Å². The van der Waals surface area contributed by atoms with Crippen molar-refractivity contribution in [2.24, 2.45) is 11.7 Å². The first kappa shape index (κ1) is 25.6. The zero-order valence-electron chi connectivity index (χ0n) is 17.8. The number of nitrogens with zero attached hydrogens (tertiary/aromatic N) is 1. The molecule has 1 rings (SSSR count). The Kier molecular flexibility index (Phi) is 10.7. The van der Waals surface area contributed by atoms with E-state index in [1.165, 1.54) is 11.9 Å². The lowest BCUT2D eigenvalue weighted by atomic mass is 10.1. The van der Waals surface area contributed by atoms with E-state index in [2.05, 4.69) is 10.6 Å². The molecular formula is C20H28N4O7. The van der Waals surface area contributed by atoms with E-state index in [-0.39, 0.29) is 32.3 Å². The van der Waals surface area contributed by atoms with Gasteiger partial charge in [0.05, 0.1) is 12.6 Å². The molecule has 0 aliphatic carbocycles. The predicted molar refractivity (Wildman–Crippen MR) is 111 cm³/mol. The largest absolute Gasteiger partial charge is 0.445 e. The number of likely N-dealkylation sites (N-methyl/N-ethyl adjacent to an activating group) is 1. The van der Waals surface area contributed by atoms with E-state index in [4.69, 9.17) is 15.2 Å². The molecule has 0 aliphatic heterocycles. The second-order valence-electron chi connectivity index (χ2n) is 7.02. The Bertz CT molecular complexity index is 780. The van der Waals surface area contributed by atoms with E-state index in [9.17, 15) is 24.0 Å². The summed E-state index contributed by atoms with van der Waals surface area (Å²) in [5.41, 5.74) is 6.04. The summed E-state index contributed by atoms with van der Waals surface area (Å²) < 4.78 is 9.94. The lowest BCUT2D eigenvalue weighted by molar-refractivity contribution is -0.130. The molecule has 0 unspecified atom stereocenters. The van der Waals surface area contributed by atoms with Crippen molar-refractivity contribution in [2.45, 2.75) is 26.5 Å². The van der Waals surface area contributed by atoms with E-state index in [1.54, 1.807) is 24.3 Å².